The number of hydrogen-bond acceptors (Lipinski definition) is 4. The molecule has 0 atom stereocenters. The van der Waals surface area contributed by atoms with Crippen molar-refractivity contribution in [3.05, 3.63) is 35.9 Å². The first kappa shape index (κ1) is 11.9. The maximum Gasteiger partial charge on any atom is 0.330 e. The molecule has 0 aliphatic rings. The molecule has 0 saturated carbocycles. The van der Waals surface area contributed by atoms with Crippen LogP contribution in [0.3, 0.4) is 0 Å². The monoisotopic (exact) mass is 217 g/mol. The zero-order valence-electron chi connectivity index (χ0n) is 8.84. The Morgan fingerprint density at radius 3 is 2.94 bits per heavy atom. The molecule has 0 saturated heterocycles. The Hall–Kier alpha value is -2.19. The van der Waals surface area contributed by atoms with Gasteiger partial charge in [0.1, 0.15) is 0 Å². The molecule has 4 heteroatoms. The highest BCUT2D eigenvalue weighted by Crippen LogP contribution is 2.19. The largest absolute Gasteiger partial charge is 0.463 e. The molecule has 16 heavy (non-hydrogen) atoms. The summed E-state index contributed by atoms with van der Waals surface area (Å²) in [5.41, 5.74) is 1.14. The molecule has 0 fully saturated rings. The van der Waals surface area contributed by atoms with Gasteiger partial charge in [0.15, 0.2) is 0 Å². The minimum atomic E-state index is -0.424. The van der Waals surface area contributed by atoms with Gasteiger partial charge in [0.05, 0.1) is 12.3 Å². The van der Waals surface area contributed by atoms with E-state index in [1.54, 1.807) is 37.3 Å². The highest BCUT2D eigenvalue weighted by molar-refractivity contribution is 5.88. The van der Waals surface area contributed by atoms with E-state index >= 15 is 0 Å². The first-order valence-corrected chi connectivity index (χ1v) is 4.79. The summed E-state index contributed by atoms with van der Waals surface area (Å²) in [4.78, 5) is 24.7. The average Bonchev–Trinajstić information content (AvgIpc) is 2.29. The lowest BCUT2D eigenvalue weighted by Crippen LogP contribution is -1.98. The van der Waals surface area contributed by atoms with Crippen LogP contribution in [-0.2, 0) is 14.3 Å². The Kier molecular flexibility index (Phi) is 4.70. The molecule has 1 rings (SSSR count). The molecule has 0 aliphatic carbocycles. The smallest absolute Gasteiger partial charge is 0.330 e. The van der Waals surface area contributed by atoms with Gasteiger partial charge in [-0.25, -0.2) is 9.59 Å². The molecule has 0 unspecified atom stereocenters. The molecule has 0 radical (unpaired) electrons. The Morgan fingerprint density at radius 2 is 2.25 bits per heavy atom. The van der Waals surface area contributed by atoms with Crippen LogP contribution in [0.15, 0.2) is 35.3 Å². The minimum Gasteiger partial charge on any atom is -0.463 e. The summed E-state index contributed by atoms with van der Waals surface area (Å²) in [5, 5.41) is 0. The Labute approximate surface area is 93.3 Å². The first-order chi connectivity index (χ1) is 7.77. The van der Waals surface area contributed by atoms with E-state index in [1.165, 1.54) is 12.2 Å². The van der Waals surface area contributed by atoms with E-state index in [1.807, 2.05) is 0 Å². The van der Waals surface area contributed by atoms with Crippen molar-refractivity contribution >= 4 is 23.8 Å². The normalized spacial score (nSPS) is 9.81. The molecule has 0 heterocycles. The fraction of sp³-hybridized carbons (Fsp3) is 0.167. The predicted molar refractivity (Wildman–Crippen MR) is 59.9 cm³/mol. The maximum atomic E-state index is 11.1. The first-order valence-electron chi connectivity index (χ1n) is 4.79. The predicted octanol–water partition coefficient (Wildman–Crippen LogP) is 2.23. The summed E-state index contributed by atoms with van der Waals surface area (Å²) in [6.07, 6.45) is 4.31. The summed E-state index contributed by atoms with van der Waals surface area (Å²) in [5.74, 6) is -0.424. The van der Waals surface area contributed by atoms with Gasteiger partial charge < -0.3 is 4.74 Å². The van der Waals surface area contributed by atoms with Crippen molar-refractivity contribution in [3.8, 4) is 0 Å². The van der Waals surface area contributed by atoms with Crippen LogP contribution >= 0.6 is 0 Å². The Bertz CT molecular complexity index is 445. The Balaban J connectivity index is 2.88. The number of rotatable bonds is 4. The number of nitrogens with zero attached hydrogens (tertiary/aromatic N) is 1. The number of para-hydroxylation sites is 1. The second-order valence-electron chi connectivity index (χ2n) is 2.85. The van der Waals surface area contributed by atoms with Gasteiger partial charge in [-0.2, -0.15) is 4.99 Å². The summed E-state index contributed by atoms with van der Waals surface area (Å²) in [6, 6.07) is 6.94. The van der Waals surface area contributed by atoms with Gasteiger partial charge in [-0.15, -0.1) is 0 Å². The Morgan fingerprint density at radius 1 is 1.50 bits per heavy atom. The number of isocyanates is 1. The lowest BCUT2D eigenvalue weighted by atomic mass is 10.1. The van der Waals surface area contributed by atoms with Gasteiger partial charge in [-0.05, 0) is 19.1 Å². The highest BCUT2D eigenvalue weighted by atomic mass is 16.5. The number of carbonyl (C=O) groups excluding carboxylic acids is 2. The van der Waals surface area contributed by atoms with Crippen LogP contribution in [0.1, 0.15) is 12.5 Å². The van der Waals surface area contributed by atoms with E-state index in [2.05, 4.69) is 4.99 Å². The number of esters is 1. The molecule has 82 valence electrons. The lowest BCUT2D eigenvalue weighted by Gasteiger charge is -1.98. The molecule has 0 aliphatic heterocycles. The molecule has 0 bridgehead atoms. The molecular formula is C12H11NO3. The number of aliphatic imine (C=N–C) groups is 1. The van der Waals surface area contributed by atoms with Crippen LogP contribution < -0.4 is 0 Å². The highest BCUT2D eigenvalue weighted by Gasteiger charge is 1.98. The van der Waals surface area contributed by atoms with Crippen LogP contribution in [0.4, 0.5) is 5.69 Å². The molecule has 1 aromatic carbocycles. The van der Waals surface area contributed by atoms with Crippen molar-refractivity contribution in [3.63, 3.8) is 0 Å². The molecule has 4 nitrogen and oxygen atoms in total. The van der Waals surface area contributed by atoms with E-state index in [-0.39, 0.29) is 0 Å². The van der Waals surface area contributed by atoms with Crippen LogP contribution in [0, 0.1) is 0 Å². The summed E-state index contributed by atoms with van der Waals surface area (Å²) in [6.45, 7) is 2.06. The van der Waals surface area contributed by atoms with E-state index in [0.717, 1.165) is 0 Å². The van der Waals surface area contributed by atoms with Crippen molar-refractivity contribution in [2.24, 2.45) is 4.99 Å². The maximum absolute atomic E-state index is 11.1. The molecule has 0 spiro atoms. The summed E-state index contributed by atoms with van der Waals surface area (Å²) >= 11 is 0. The van der Waals surface area contributed by atoms with Crippen molar-refractivity contribution in [1.82, 2.24) is 0 Å². The molecule has 0 N–H and O–H groups in total. The topological polar surface area (TPSA) is 55.7 Å². The second kappa shape index (κ2) is 6.32. The van der Waals surface area contributed by atoms with Crippen LogP contribution in [0.5, 0.6) is 0 Å². The van der Waals surface area contributed by atoms with E-state index < -0.39 is 5.97 Å². The van der Waals surface area contributed by atoms with Gasteiger partial charge in [0.25, 0.3) is 0 Å². The zero-order chi connectivity index (χ0) is 11.8. The standard InChI is InChI=1S/C12H11NO3/c1-2-16-12(15)8-7-10-5-3-4-6-11(10)13-9-14/h3-8H,2H2,1H3/b8-7+. The number of carbonyl (C=O) groups is 1. The van der Waals surface area contributed by atoms with E-state index in [0.29, 0.717) is 17.9 Å². The summed E-state index contributed by atoms with van der Waals surface area (Å²) < 4.78 is 4.73. The second-order valence-corrected chi connectivity index (χ2v) is 2.85. The van der Waals surface area contributed by atoms with Crippen molar-refractivity contribution in [2.75, 3.05) is 6.61 Å². The van der Waals surface area contributed by atoms with E-state index in [9.17, 15) is 9.59 Å². The van der Waals surface area contributed by atoms with Crippen molar-refractivity contribution in [1.29, 1.82) is 0 Å². The number of hydrogen-bond donors (Lipinski definition) is 0. The third kappa shape index (κ3) is 3.52. The number of benzene rings is 1. The van der Waals surface area contributed by atoms with Crippen LogP contribution in [0.2, 0.25) is 0 Å². The lowest BCUT2D eigenvalue weighted by molar-refractivity contribution is -0.137. The van der Waals surface area contributed by atoms with Gasteiger partial charge in [0, 0.05) is 11.6 Å². The number of ether oxygens (including phenoxy) is 1. The SMILES string of the molecule is CCOC(=O)/C=C/c1ccccc1N=C=O. The van der Waals surface area contributed by atoms with Crippen molar-refractivity contribution < 1.29 is 14.3 Å². The van der Waals surface area contributed by atoms with Crippen LogP contribution in [0.25, 0.3) is 6.08 Å². The minimum absolute atomic E-state index is 0.331. The fourth-order valence-electron chi connectivity index (χ4n) is 1.13. The third-order valence-electron chi connectivity index (χ3n) is 1.79. The fourth-order valence-corrected chi connectivity index (χ4v) is 1.13. The summed E-state index contributed by atoms with van der Waals surface area (Å²) in [7, 11) is 0. The van der Waals surface area contributed by atoms with Crippen molar-refractivity contribution in [2.45, 2.75) is 6.92 Å². The molecule has 1 aromatic rings. The average molecular weight is 217 g/mol. The van der Waals surface area contributed by atoms with E-state index in [4.69, 9.17) is 4.74 Å². The molecule has 0 amide bonds. The van der Waals surface area contributed by atoms with Gasteiger partial charge in [-0.1, -0.05) is 18.2 Å². The van der Waals surface area contributed by atoms with Gasteiger partial charge in [-0.3, -0.25) is 0 Å². The third-order valence-corrected chi connectivity index (χ3v) is 1.79. The molecule has 0 aromatic heterocycles. The van der Waals surface area contributed by atoms with Gasteiger partial charge >= 0.3 is 5.97 Å². The quantitative estimate of drug-likeness (QED) is 0.336. The zero-order valence-corrected chi connectivity index (χ0v) is 8.84. The molecular weight excluding hydrogens is 206 g/mol. The van der Waals surface area contributed by atoms with Gasteiger partial charge in [0.2, 0.25) is 6.08 Å². The van der Waals surface area contributed by atoms with Crippen LogP contribution in [-0.4, -0.2) is 18.7 Å².